The molecule has 0 spiro atoms. The molecule has 4 rings (SSSR count). The van der Waals surface area contributed by atoms with Gasteiger partial charge < -0.3 is 41.3 Å². The molecule has 0 heterocycles. The van der Waals surface area contributed by atoms with Crippen molar-refractivity contribution < 1.29 is 34.8 Å². The predicted octanol–water partition coefficient (Wildman–Crippen LogP) is -0.139. The van der Waals surface area contributed by atoms with Gasteiger partial charge in [0.15, 0.2) is 11.4 Å². The molecule has 1 aromatic rings. The topological polar surface area (TPSA) is 177 Å². The van der Waals surface area contributed by atoms with Crippen molar-refractivity contribution in [2.45, 2.75) is 44.1 Å². The summed E-state index contributed by atoms with van der Waals surface area (Å²) in [6.07, 6.45) is -1.20. The molecular weight excluding hydrogens is 504 g/mol. The van der Waals surface area contributed by atoms with Crippen LogP contribution >= 0.6 is 0 Å². The van der Waals surface area contributed by atoms with Crippen LogP contribution in [-0.2, 0) is 27.3 Å². The summed E-state index contributed by atoms with van der Waals surface area (Å²) in [5.41, 5.74) is 5.42. The maximum Gasteiger partial charge on any atom is 0.230 e. The Kier molecular flexibility index (Phi) is 7.41. The van der Waals surface area contributed by atoms with E-state index < -0.39 is 58.7 Å². The van der Waals surface area contributed by atoms with Crippen LogP contribution in [0, 0.1) is 17.8 Å². The molecule has 2 unspecified atom stereocenters. The van der Waals surface area contributed by atoms with E-state index in [4.69, 9.17) is 5.73 Å². The van der Waals surface area contributed by atoms with Gasteiger partial charge in [-0.15, -0.1) is 0 Å². The zero-order valence-corrected chi connectivity index (χ0v) is 23.0. The van der Waals surface area contributed by atoms with Gasteiger partial charge in [0, 0.05) is 56.0 Å². The van der Waals surface area contributed by atoms with Crippen molar-refractivity contribution in [3.05, 3.63) is 40.5 Å². The van der Waals surface area contributed by atoms with Crippen LogP contribution < -0.4 is 16.0 Å². The quantitative estimate of drug-likeness (QED) is 0.201. The Morgan fingerprint density at radius 2 is 1.87 bits per heavy atom. The highest BCUT2D eigenvalue weighted by Gasteiger charge is 2.67. The monoisotopic (exact) mass is 542 g/mol. The third-order valence-electron chi connectivity index (χ3n) is 8.37. The molecule has 1 aromatic carbocycles. The maximum atomic E-state index is 14.0. The van der Waals surface area contributed by atoms with E-state index in [1.165, 1.54) is 0 Å². The van der Waals surface area contributed by atoms with E-state index in [2.05, 4.69) is 11.9 Å². The number of primary amides is 1. The first-order chi connectivity index (χ1) is 18.1. The highest BCUT2D eigenvalue weighted by atomic mass is 16.3. The van der Waals surface area contributed by atoms with E-state index in [0.29, 0.717) is 17.7 Å². The Morgan fingerprint density at radius 3 is 2.41 bits per heavy atom. The first-order valence-corrected chi connectivity index (χ1v) is 12.9. The molecule has 2 saturated carbocycles. The van der Waals surface area contributed by atoms with Crippen LogP contribution in [-0.4, -0.2) is 95.3 Å². The number of anilines is 1. The number of aliphatic hydroxyl groups excluding tert-OH is 2. The van der Waals surface area contributed by atoms with Gasteiger partial charge in [-0.2, -0.15) is 0 Å². The molecule has 1 amide bonds. The van der Waals surface area contributed by atoms with E-state index in [1.54, 1.807) is 19.0 Å². The fourth-order valence-electron chi connectivity index (χ4n) is 6.65. The van der Waals surface area contributed by atoms with Crippen molar-refractivity contribution in [2.24, 2.45) is 23.5 Å². The normalized spacial score (nSPS) is 30.1. The standard InChI is InChI=1S/C28H38N4O7/c1-12(2)10-30-11-14-9-17(31(3)4)15-7-13-8-16-21(32(5)6)24(35)20(27(29)38)26(37)28(16,39)25(36)18(13)23(34)19(15)22(14)33/h9,13,16,20-21,24,30,33-35,39H,1,7-8,10-11H2,2-6H3,(H2,29,38)/t13-,16-,20?,21+,24?,28-/m0/s1. The number of hydrogen-bond acceptors (Lipinski definition) is 10. The van der Waals surface area contributed by atoms with E-state index in [-0.39, 0.29) is 36.3 Å². The first kappa shape index (κ1) is 28.8. The number of hydrogen-bond donors (Lipinski definition) is 6. The Bertz CT molecular complexity index is 1290. The molecule has 0 radical (unpaired) electrons. The lowest BCUT2D eigenvalue weighted by molar-refractivity contribution is -0.184. The van der Waals surface area contributed by atoms with Crippen molar-refractivity contribution >= 4 is 28.9 Å². The maximum absolute atomic E-state index is 14.0. The van der Waals surface area contributed by atoms with Gasteiger partial charge in [-0.05, 0) is 51.4 Å². The van der Waals surface area contributed by atoms with Gasteiger partial charge in [0.05, 0.1) is 11.7 Å². The van der Waals surface area contributed by atoms with Crippen LogP contribution in [0.1, 0.15) is 30.0 Å². The van der Waals surface area contributed by atoms with Crippen LogP contribution in [0.4, 0.5) is 5.69 Å². The zero-order valence-electron chi connectivity index (χ0n) is 23.0. The summed E-state index contributed by atoms with van der Waals surface area (Å²) >= 11 is 0. The fourth-order valence-corrected chi connectivity index (χ4v) is 6.65. The van der Waals surface area contributed by atoms with Gasteiger partial charge >= 0.3 is 0 Å². The molecule has 0 aliphatic heterocycles. The zero-order chi connectivity index (χ0) is 29.1. The number of rotatable bonds is 7. The fraction of sp³-hybridized carbons (Fsp3) is 0.536. The van der Waals surface area contributed by atoms with Gasteiger partial charge in [0.1, 0.15) is 17.4 Å². The molecule has 6 atom stereocenters. The largest absolute Gasteiger partial charge is 0.507 e. The summed E-state index contributed by atoms with van der Waals surface area (Å²) in [4.78, 5) is 43.1. The Morgan fingerprint density at radius 1 is 1.23 bits per heavy atom. The Labute approximate surface area is 227 Å². The van der Waals surface area contributed by atoms with Gasteiger partial charge in [-0.1, -0.05) is 12.2 Å². The number of phenolic OH excluding ortho intramolecular Hbond substituents is 1. The number of nitrogens with one attached hydrogen (secondary N) is 1. The third-order valence-corrected chi connectivity index (χ3v) is 8.37. The Balaban J connectivity index is 1.90. The molecule has 39 heavy (non-hydrogen) atoms. The number of aromatic hydroxyl groups is 1. The highest BCUT2D eigenvalue weighted by Crippen LogP contribution is 2.53. The van der Waals surface area contributed by atoms with E-state index in [1.807, 2.05) is 32.0 Å². The van der Waals surface area contributed by atoms with Gasteiger partial charge in [0.2, 0.25) is 11.7 Å². The van der Waals surface area contributed by atoms with E-state index in [9.17, 15) is 34.8 Å². The number of likely N-dealkylation sites (N-methyl/N-ethyl adjacent to an activating group) is 1. The van der Waals surface area contributed by atoms with E-state index >= 15 is 0 Å². The SMILES string of the molecule is C=C(C)CNCc1cc(N(C)C)c2c(c1O)C(O)=C1C(=O)[C@]3(O)C(=O)C(C(N)=O)C(O)[C@H](N(C)C)[C@@H]3C[C@@H]1C2. The lowest BCUT2D eigenvalue weighted by atomic mass is 9.54. The van der Waals surface area contributed by atoms with Crippen molar-refractivity contribution in [2.75, 3.05) is 39.6 Å². The number of amides is 1. The summed E-state index contributed by atoms with van der Waals surface area (Å²) in [6.45, 7) is 6.50. The predicted molar refractivity (Wildman–Crippen MR) is 145 cm³/mol. The number of ketones is 2. The number of phenols is 1. The molecule has 11 heteroatoms. The van der Waals surface area contributed by atoms with Crippen molar-refractivity contribution in [1.82, 2.24) is 10.2 Å². The van der Waals surface area contributed by atoms with Gasteiger partial charge in [0.25, 0.3) is 0 Å². The van der Waals surface area contributed by atoms with Crippen LogP contribution in [0.25, 0.3) is 5.76 Å². The molecule has 11 nitrogen and oxygen atoms in total. The minimum atomic E-state index is -2.67. The summed E-state index contributed by atoms with van der Waals surface area (Å²) < 4.78 is 0. The average molecular weight is 543 g/mol. The summed E-state index contributed by atoms with van der Waals surface area (Å²) in [7, 11) is 6.91. The second kappa shape index (κ2) is 10.1. The smallest absolute Gasteiger partial charge is 0.230 e. The van der Waals surface area contributed by atoms with Crippen LogP contribution in [0.5, 0.6) is 5.75 Å². The average Bonchev–Trinajstić information content (AvgIpc) is 2.81. The molecule has 212 valence electrons. The van der Waals surface area contributed by atoms with Gasteiger partial charge in [-0.3, -0.25) is 14.4 Å². The minimum absolute atomic E-state index is 0.0771. The summed E-state index contributed by atoms with van der Waals surface area (Å²) in [6, 6.07) is 0.898. The molecule has 0 bridgehead atoms. The number of nitrogens with two attached hydrogens (primary N) is 1. The van der Waals surface area contributed by atoms with Gasteiger partial charge in [-0.25, -0.2) is 0 Å². The van der Waals surface area contributed by atoms with Crippen LogP contribution in [0.3, 0.4) is 0 Å². The van der Waals surface area contributed by atoms with Crippen LogP contribution in [0.2, 0.25) is 0 Å². The number of fused-ring (bicyclic) bond motifs is 3. The summed E-state index contributed by atoms with van der Waals surface area (Å²) in [5, 5.41) is 48.7. The van der Waals surface area contributed by atoms with Crippen LogP contribution in [0.15, 0.2) is 23.8 Å². The highest BCUT2D eigenvalue weighted by molar-refractivity contribution is 6.25. The van der Waals surface area contributed by atoms with E-state index in [0.717, 1.165) is 11.3 Å². The molecule has 7 N–H and O–H groups in total. The molecule has 3 aliphatic rings. The number of benzene rings is 1. The number of aliphatic hydroxyl groups is 3. The summed E-state index contributed by atoms with van der Waals surface area (Å²) in [5.74, 6) is -7.50. The molecular formula is C28H38N4O7. The molecule has 2 fully saturated rings. The second-order valence-corrected chi connectivity index (χ2v) is 11.5. The van der Waals surface area contributed by atoms with Crippen molar-refractivity contribution in [3.63, 3.8) is 0 Å². The number of nitrogens with zero attached hydrogens (tertiary/aromatic N) is 2. The lowest BCUT2D eigenvalue weighted by Crippen LogP contribution is -2.73. The number of Topliss-reactive ketones (excluding diaryl/α,β-unsaturated/α-hetero) is 2. The first-order valence-electron chi connectivity index (χ1n) is 12.9. The molecule has 3 aliphatic carbocycles. The molecule has 0 aromatic heterocycles. The second-order valence-electron chi connectivity index (χ2n) is 11.5. The van der Waals surface area contributed by atoms with Crippen molar-refractivity contribution in [3.8, 4) is 5.75 Å². The minimum Gasteiger partial charge on any atom is -0.507 e. The number of carbonyl (C=O) groups is 3. The third kappa shape index (κ3) is 4.33. The molecule has 0 saturated heterocycles. The van der Waals surface area contributed by atoms with Crippen molar-refractivity contribution in [1.29, 1.82) is 0 Å². The Hall–Kier alpha value is -3.25. The number of carbonyl (C=O) groups excluding carboxylic acids is 3. The lowest BCUT2D eigenvalue weighted by Gasteiger charge is -2.53.